The van der Waals surface area contributed by atoms with Gasteiger partial charge in [0.2, 0.25) is 5.91 Å². The van der Waals surface area contributed by atoms with Crippen LogP contribution in [0.2, 0.25) is 0 Å². The average Bonchev–Trinajstić information content (AvgIpc) is 2.29. The summed E-state index contributed by atoms with van der Waals surface area (Å²) in [5.41, 5.74) is 4.86. The zero-order chi connectivity index (χ0) is 14.5. The highest BCUT2D eigenvalue weighted by Gasteiger charge is 2.31. The number of nitrogen functional groups attached to an aromatic ring is 1. The molecule has 0 unspecified atom stereocenters. The van der Waals surface area contributed by atoms with Crippen LogP contribution in [0.1, 0.15) is 24.5 Å². The van der Waals surface area contributed by atoms with Crippen LogP contribution in [-0.2, 0) is 11.0 Å². The van der Waals surface area contributed by atoms with Crippen molar-refractivity contribution >= 4 is 17.8 Å². The van der Waals surface area contributed by atoms with E-state index in [0.717, 1.165) is 6.07 Å². The van der Waals surface area contributed by atoms with E-state index in [1.54, 1.807) is 6.08 Å². The fourth-order valence-electron chi connectivity index (χ4n) is 1.32. The van der Waals surface area contributed by atoms with Gasteiger partial charge >= 0.3 is 6.18 Å². The van der Waals surface area contributed by atoms with Crippen LogP contribution < -0.4 is 11.1 Å². The number of nitrogens with one attached hydrogen (secondary N) is 1. The van der Waals surface area contributed by atoms with Gasteiger partial charge in [0.05, 0.1) is 5.56 Å². The first-order chi connectivity index (χ1) is 8.80. The molecule has 1 aromatic heterocycles. The molecule has 1 amide bonds. The first-order valence-electron chi connectivity index (χ1n) is 5.54. The summed E-state index contributed by atoms with van der Waals surface area (Å²) in [4.78, 5) is 14.1. The summed E-state index contributed by atoms with van der Waals surface area (Å²) in [6.45, 7) is 1.80. The SMILES string of the molecule is CC(=O)NCCC=Cc1cc(C(F)(F)F)cnc1N. The number of rotatable bonds is 4. The van der Waals surface area contributed by atoms with Crippen molar-refractivity contribution in [2.45, 2.75) is 19.5 Å². The maximum Gasteiger partial charge on any atom is 0.417 e. The molecule has 19 heavy (non-hydrogen) atoms. The molecule has 0 saturated heterocycles. The smallest absolute Gasteiger partial charge is 0.383 e. The van der Waals surface area contributed by atoms with Crippen molar-refractivity contribution in [3.63, 3.8) is 0 Å². The summed E-state index contributed by atoms with van der Waals surface area (Å²) >= 11 is 0. The molecule has 1 aromatic rings. The summed E-state index contributed by atoms with van der Waals surface area (Å²) in [5.74, 6) is -0.127. The largest absolute Gasteiger partial charge is 0.417 e. The van der Waals surface area contributed by atoms with E-state index < -0.39 is 11.7 Å². The molecule has 0 spiro atoms. The molecule has 0 aromatic carbocycles. The molecule has 0 radical (unpaired) electrons. The molecule has 0 saturated carbocycles. The third-order valence-corrected chi connectivity index (χ3v) is 2.26. The highest BCUT2D eigenvalue weighted by molar-refractivity contribution is 5.72. The van der Waals surface area contributed by atoms with Crippen molar-refractivity contribution in [3.05, 3.63) is 29.5 Å². The van der Waals surface area contributed by atoms with E-state index in [1.165, 1.54) is 13.0 Å². The van der Waals surface area contributed by atoms with Crippen molar-refractivity contribution in [2.75, 3.05) is 12.3 Å². The molecule has 3 N–H and O–H groups in total. The second kappa shape index (κ2) is 6.21. The van der Waals surface area contributed by atoms with Crippen molar-refractivity contribution in [3.8, 4) is 0 Å². The predicted octanol–water partition coefficient (Wildman–Crippen LogP) is 2.22. The van der Waals surface area contributed by atoms with E-state index in [-0.39, 0.29) is 17.3 Å². The summed E-state index contributed by atoms with van der Waals surface area (Å²) in [6, 6.07) is 0.942. The van der Waals surface area contributed by atoms with E-state index in [2.05, 4.69) is 10.3 Å². The van der Waals surface area contributed by atoms with Gasteiger partial charge in [-0.1, -0.05) is 12.2 Å². The van der Waals surface area contributed by atoms with E-state index >= 15 is 0 Å². The number of pyridine rings is 1. The van der Waals surface area contributed by atoms with Gasteiger partial charge in [-0.05, 0) is 12.5 Å². The molecule has 0 aliphatic rings. The van der Waals surface area contributed by atoms with E-state index in [0.29, 0.717) is 19.2 Å². The molecule has 7 heteroatoms. The monoisotopic (exact) mass is 273 g/mol. The lowest BCUT2D eigenvalue weighted by Crippen LogP contribution is -2.20. The van der Waals surface area contributed by atoms with E-state index in [1.807, 2.05) is 0 Å². The van der Waals surface area contributed by atoms with Crippen LogP contribution in [0.4, 0.5) is 19.0 Å². The first kappa shape index (κ1) is 15.0. The fraction of sp³-hybridized carbons (Fsp3) is 0.333. The van der Waals surface area contributed by atoms with Gasteiger partial charge in [-0.25, -0.2) is 4.98 Å². The fourth-order valence-corrected chi connectivity index (χ4v) is 1.32. The van der Waals surface area contributed by atoms with Gasteiger partial charge in [-0.2, -0.15) is 13.2 Å². The summed E-state index contributed by atoms with van der Waals surface area (Å²) in [7, 11) is 0. The maximum absolute atomic E-state index is 12.5. The number of hydrogen-bond donors (Lipinski definition) is 2. The molecule has 104 valence electrons. The second-order valence-corrected chi connectivity index (χ2v) is 3.87. The quantitative estimate of drug-likeness (QED) is 0.826. The number of carbonyl (C=O) groups is 1. The van der Waals surface area contributed by atoms with Gasteiger partial charge in [0, 0.05) is 25.2 Å². The Morgan fingerprint density at radius 1 is 1.53 bits per heavy atom. The van der Waals surface area contributed by atoms with Crippen LogP contribution in [0.3, 0.4) is 0 Å². The zero-order valence-electron chi connectivity index (χ0n) is 10.3. The predicted molar refractivity (Wildman–Crippen MR) is 66.0 cm³/mol. The molecular formula is C12H14F3N3O. The standard InChI is InChI=1S/C12H14F3N3O/c1-8(19)17-5-3-2-4-9-6-10(12(13,14)15)7-18-11(9)16/h2,4,6-7H,3,5H2,1H3,(H2,16,18)(H,17,19). The number of carbonyl (C=O) groups excluding carboxylic acids is 1. The number of halogens is 3. The van der Waals surface area contributed by atoms with Gasteiger partial charge in [-0.3, -0.25) is 4.79 Å². The second-order valence-electron chi connectivity index (χ2n) is 3.87. The third kappa shape index (κ3) is 4.99. The molecule has 0 aliphatic carbocycles. The Hall–Kier alpha value is -2.05. The van der Waals surface area contributed by atoms with Crippen molar-refractivity contribution < 1.29 is 18.0 Å². The molecule has 0 fully saturated rings. The van der Waals surface area contributed by atoms with Crippen molar-refractivity contribution in [2.24, 2.45) is 0 Å². The lowest BCUT2D eigenvalue weighted by molar-refractivity contribution is -0.137. The molecule has 0 atom stereocenters. The Morgan fingerprint density at radius 3 is 2.79 bits per heavy atom. The summed E-state index contributed by atoms with van der Waals surface area (Å²) in [5, 5.41) is 2.56. The lowest BCUT2D eigenvalue weighted by atomic mass is 10.1. The topological polar surface area (TPSA) is 68.0 Å². The molecule has 1 rings (SSSR count). The van der Waals surface area contributed by atoms with Crippen molar-refractivity contribution in [1.82, 2.24) is 10.3 Å². The first-order valence-corrected chi connectivity index (χ1v) is 5.54. The van der Waals surface area contributed by atoms with E-state index in [9.17, 15) is 18.0 Å². The number of nitrogens with two attached hydrogens (primary N) is 1. The minimum atomic E-state index is -4.44. The number of aromatic nitrogens is 1. The summed E-state index contributed by atoms with van der Waals surface area (Å²) in [6.07, 6.45) is -0.165. The van der Waals surface area contributed by atoms with Gasteiger partial charge in [-0.15, -0.1) is 0 Å². The maximum atomic E-state index is 12.5. The minimum absolute atomic E-state index is 0.0313. The van der Waals surface area contributed by atoms with Crippen LogP contribution in [0, 0.1) is 0 Å². The Kier molecular flexibility index (Phi) is 4.91. The molecule has 4 nitrogen and oxygen atoms in total. The van der Waals surface area contributed by atoms with Gasteiger partial charge in [0.15, 0.2) is 0 Å². The Bertz CT molecular complexity index is 484. The highest BCUT2D eigenvalue weighted by Crippen LogP contribution is 2.30. The number of alkyl halides is 3. The normalized spacial score (nSPS) is 11.8. The van der Waals surface area contributed by atoms with Crippen LogP contribution in [0.5, 0.6) is 0 Å². The Morgan fingerprint density at radius 2 is 2.21 bits per heavy atom. The van der Waals surface area contributed by atoms with Gasteiger partial charge in [0.25, 0.3) is 0 Å². The van der Waals surface area contributed by atoms with Gasteiger partial charge < -0.3 is 11.1 Å². The summed E-state index contributed by atoms with van der Waals surface area (Å²) < 4.78 is 37.4. The van der Waals surface area contributed by atoms with Crippen LogP contribution in [0.25, 0.3) is 6.08 Å². The van der Waals surface area contributed by atoms with Crippen LogP contribution in [0.15, 0.2) is 18.3 Å². The Labute approximate surface area is 108 Å². The number of nitrogens with zero attached hydrogens (tertiary/aromatic N) is 1. The minimum Gasteiger partial charge on any atom is -0.383 e. The third-order valence-electron chi connectivity index (χ3n) is 2.26. The number of anilines is 1. The molecule has 1 heterocycles. The highest BCUT2D eigenvalue weighted by atomic mass is 19.4. The lowest BCUT2D eigenvalue weighted by Gasteiger charge is -2.08. The number of amides is 1. The zero-order valence-corrected chi connectivity index (χ0v) is 10.3. The van der Waals surface area contributed by atoms with E-state index in [4.69, 9.17) is 5.73 Å². The molecule has 0 bridgehead atoms. The molecule has 0 aliphatic heterocycles. The van der Waals surface area contributed by atoms with Crippen LogP contribution in [-0.4, -0.2) is 17.4 Å². The number of hydrogen-bond acceptors (Lipinski definition) is 3. The Balaban J connectivity index is 2.72. The average molecular weight is 273 g/mol. The van der Waals surface area contributed by atoms with Gasteiger partial charge in [0.1, 0.15) is 5.82 Å². The van der Waals surface area contributed by atoms with Crippen LogP contribution >= 0.6 is 0 Å². The molecular weight excluding hydrogens is 259 g/mol. The van der Waals surface area contributed by atoms with Crippen molar-refractivity contribution in [1.29, 1.82) is 0 Å².